The first-order valence-electron chi connectivity index (χ1n) is 5.88. The predicted molar refractivity (Wildman–Crippen MR) is 73.1 cm³/mol. The van der Waals surface area contributed by atoms with Gasteiger partial charge in [0, 0.05) is 18.0 Å². The fraction of sp³-hybridized carbons (Fsp3) is 0.125. The van der Waals surface area contributed by atoms with Crippen LogP contribution in [-0.4, -0.2) is 4.57 Å². The summed E-state index contributed by atoms with van der Waals surface area (Å²) < 4.78 is 2.28. The standard InChI is InChI=1S/C16H15N/c1-12-14-10-6-7-11-15(14)17(2)16(12)13-8-4-3-5-9-13/h3-11H,1-2H3. The fourth-order valence-electron chi connectivity index (χ4n) is 2.59. The summed E-state index contributed by atoms with van der Waals surface area (Å²) in [7, 11) is 2.14. The highest BCUT2D eigenvalue weighted by atomic mass is 14.9. The van der Waals surface area contributed by atoms with Crippen molar-refractivity contribution in [3.63, 3.8) is 0 Å². The number of nitrogens with zero attached hydrogens (tertiary/aromatic N) is 1. The van der Waals surface area contributed by atoms with E-state index in [0.717, 1.165) is 0 Å². The number of para-hydroxylation sites is 1. The lowest BCUT2D eigenvalue weighted by molar-refractivity contribution is 0.974. The Balaban J connectivity index is 2.38. The minimum absolute atomic E-state index is 1.28. The van der Waals surface area contributed by atoms with Crippen LogP contribution in [0.1, 0.15) is 5.56 Å². The first kappa shape index (κ1) is 10.2. The van der Waals surface area contributed by atoms with E-state index >= 15 is 0 Å². The monoisotopic (exact) mass is 221 g/mol. The highest BCUT2D eigenvalue weighted by molar-refractivity contribution is 5.91. The lowest BCUT2D eigenvalue weighted by Crippen LogP contribution is -1.91. The Morgan fingerprint density at radius 2 is 1.47 bits per heavy atom. The molecule has 0 bridgehead atoms. The third-order valence-electron chi connectivity index (χ3n) is 3.41. The molecule has 1 aromatic heterocycles. The van der Waals surface area contributed by atoms with E-state index in [-0.39, 0.29) is 0 Å². The molecule has 3 rings (SSSR count). The molecule has 0 spiro atoms. The van der Waals surface area contributed by atoms with Gasteiger partial charge in [-0.25, -0.2) is 0 Å². The van der Waals surface area contributed by atoms with Crippen LogP contribution in [-0.2, 0) is 7.05 Å². The van der Waals surface area contributed by atoms with Crippen molar-refractivity contribution in [1.29, 1.82) is 0 Å². The molecule has 0 saturated carbocycles. The van der Waals surface area contributed by atoms with E-state index in [1.54, 1.807) is 0 Å². The summed E-state index contributed by atoms with van der Waals surface area (Å²) in [5, 5.41) is 1.34. The molecule has 17 heavy (non-hydrogen) atoms. The average molecular weight is 221 g/mol. The van der Waals surface area contributed by atoms with Gasteiger partial charge in [0.25, 0.3) is 0 Å². The van der Waals surface area contributed by atoms with Crippen LogP contribution in [0.15, 0.2) is 54.6 Å². The molecule has 0 aliphatic heterocycles. The minimum atomic E-state index is 1.28. The number of rotatable bonds is 1. The Morgan fingerprint density at radius 1 is 0.824 bits per heavy atom. The van der Waals surface area contributed by atoms with E-state index in [1.807, 2.05) is 0 Å². The molecular formula is C16H15N. The fourth-order valence-corrected chi connectivity index (χ4v) is 2.59. The molecule has 0 saturated heterocycles. The third-order valence-corrected chi connectivity index (χ3v) is 3.41. The average Bonchev–Trinajstić information content (AvgIpc) is 2.64. The second kappa shape index (κ2) is 3.77. The van der Waals surface area contributed by atoms with Crippen LogP contribution in [0.5, 0.6) is 0 Å². The van der Waals surface area contributed by atoms with Crippen molar-refractivity contribution in [2.45, 2.75) is 6.92 Å². The lowest BCUT2D eigenvalue weighted by Gasteiger charge is -2.05. The molecule has 0 atom stereocenters. The summed E-state index contributed by atoms with van der Waals surface area (Å²) in [5.41, 5.74) is 5.24. The van der Waals surface area contributed by atoms with Gasteiger partial charge in [-0.15, -0.1) is 0 Å². The van der Waals surface area contributed by atoms with Crippen molar-refractivity contribution in [3.05, 3.63) is 60.2 Å². The van der Waals surface area contributed by atoms with Gasteiger partial charge in [-0.3, -0.25) is 0 Å². The maximum atomic E-state index is 2.28. The zero-order chi connectivity index (χ0) is 11.8. The Bertz CT molecular complexity index is 624. The van der Waals surface area contributed by atoms with Gasteiger partial charge >= 0.3 is 0 Å². The van der Waals surface area contributed by atoms with Crippen LogP contribution >= 0.6 is 0 Å². The zero-order valence-corrected chi connectivity index (χ0v) is 10.1. The van der Waals surface area contributed by atoms with Crippen LogP contribution in [0.4, 0.5) is 0 Å². The molecule has 0 amide bonds. The van der Waals surface area contributed by atoms with E-state index < -0.39 is 0 Å². The molecule has 1 heterocycles. The van der Waals surface area contributed by atoms with Gasteiger partial charge in [0.1, 0.15) is 0 Å². The van der Waals surface area contributed by atoms with Crippen LogP contribution in [0.2, 0.25) is 0 Å². The van der Waals surface area contributed by atoms with Gasteiger partial charge in [-0.2, -0.15) is 0 Å². The Kier molecular flexibility index (Phi) is 2.25. The Morgan fingerprint density at radius 3 is 2.18 bits per heavy atom. The van der Waals surface area contributed by atoms with E-state index in [0.29, 0.717) is 0 Å². The van der Waals surface area contributed by atoms with Crippen molar-refractivity contribution in [2.75, 3.05) is 0 Å². The van der Waals surface area contributed by atoms with E-state index in [4.69, 9.17) is 0 Å². The van der Waals surface area contributed by atoms with Gasteiger partial charge in [-0.1, -0.05) is 48.5 Å². The first-order chi connectivity index (χ1) is 8.29. The summed E-state index contributed by atoms with van der Waals surface area (Å²) in [6, 6.07) is 19.1. The van der Waals surface area contributed by atoms with Gasteiger partial charge in [0.05, 0.1) is 5.69 Å². The normalized spacial score (nSPS) is 10.9. The molecule has 1 heteroatoms. The van der Waals surface area contributed by atoms with Gasteiger partial charge < -0.3 is 4.57 Å². The minimum Gasteiger partial charge on any atom is -0.343 e. The molecule has 84 valence electrons. The SMILES string of the molecule is Cc1c(-c2ccccc2)n(C)c2ccccc12. The Hall–Kier alpha value is -2.02. The largest absolute Gasteiger partial charge is 0.343 e. The molecular weight excluding hydrogens is 206 g/mol. The summed E-state index contributed by atoms with van der Waals surface area (Å²) >= 11 is 0. The molecule has 0 aliphatic carbocycles. The van der Waals surface area contributed by atoms with Crippen molar-refractivity contribution >= 4 is 10.9 Å². The number of aromatic nitrogens is 1. The van der Waals surface area contributed by atoms with Crippen molar-refractivity contribution in [1.82, 2.24) is 4.57 Å². The molecule has 0 fully saturated rings. The summed E-state index contributed by atoms with van der Waals surface area (Å²) in [4.78, 5) is 0. The lowest BCUT2D eigenvalue weighted by atomic mass is 10.1. The first-order valence-corrected chi connectivity index (χ1v) is 5.88. The third kappa shape index (κ3) is 1.47. The zero-order valence-electron chi connectivity index (χ0n) is 10.1. The maximum absolute atomic E-state index is 2.28. The number of hydrogen-bond acceptors (Lipinski definition) is 0. The van der Waals surface area contributed by atoms with Gasteiger partial charge in [0.15, 0.2) is 0 Å². The second-order valence-electron chi connectivity index (χ2n) is 4.42. The predicted octanol–water partition coefficient (Wildman–Crippen LogP) is 4.15. The molecule has 1 nitrogen and oxygen atoms in total. The van der Waals surface area contributed by atoms with E-state index in [9.17, 15) is 0 Å². The highest BCUT2D eigenvalue weighted by Gasteiger charge is 2.11. The number of aryl methyl sites for hydroxylation is 2. The Labute approximate surface area is 101 Å². The summed E-state index contributed by atoms with van der Waals surface area (Å²) in [5.74, 6) is 0. The highest BCUT2D eigenvalue weighted by Crippen LogP contribution is 2.31. The molecule has 0 unspecified atom stereocenters. The molecule has 0 aliphatic rings. The van der Waals surface area contributed by atoms with Crippen LogP contribution in [0, 0.1) is 6.92 Å². The summed E-state index contributed by atoms with van der Waals surface area (Å²) in [6.45, 7) is 2.20. The second-order valence-corrected chi connectivity index (χ2v) is 4.42. The van der Waals surface area contributed by atoms with E-state index in [1.165, 1.54) is 27.7 Å². The molecule has 2 aromatic carbocycles. The van der Waals surface area contributed by atoms with Crippen LogP contribution < -0.4 is 0 Å². The smallest absolute Gasteiger partial charge is 0.0518 e. The molecule has 0 radical (unpaired) electrons. The van der Waals surface area contributed by atoms with Crippen LogP contribution in [0.3, 0.4) is 0 Å². The van der Waals surface area contributed by atoms with Crippen molar-refractivity contribution in [3.8, 4) is 11.3 Å². The van der Waals surface area contributed by atoms with Gasteiger partial charge in [0.2, 0.25) is 0 Å². The number of benzene rings is 2. The molecule has 0 N–H and O–H groups in total. The molecule has 3 aromatic rings. The maximum Gasteiger partial charge on any atom is 0.0518 e. The number of hydrogen-bond donors (Lipinski definition) is 0. The summed E-state index contributed by atoms with van der Waals surface area (Å²) in [6.07, 6.45) is 0. The van der Waals surface area contributed by atoms with Crippen molar-refractivity contribution < 1.29 is 0 Å². The van der Waals surface area contributed by atoms with E-state index in [2.05, 4.69) is 73.1 Å². The van der Waals surface area contributed by atoms with Crippen LogP contribution in [0.25, 0.3) is 22.2 Å². The van der Waals surface area contributed by atoms with Crippen molar-refractivity contribution in [2.24, 2.45) is 7.05 Å². The number of fused-ring (bicyclic) bond motifs is 1. The topological polar surface area (TPSA) is 4.93 Å². The quantitative estimate of drug-likeness (QED) is 0.581. The van der Waals surface area contributed by atoms with Gasteiger partial charge in [-0.05, 0) is 24.1 Å².